The topological polar surface area (TPSA) is 106 Å². The minimum atomic E-state index is -0.869. The number of primary amides is 2. The number of amides is 3. The van der Waals surface area contributed by atoms with Crippen LogP contribution in [0, 0.1) is 5.41 Å². The van der Waals surface area contributed by atoms with Crippen molar-refractivity contribution in [2.75, 3.05) is 19.0 Å². The first kappa shape index (κ1) is 14.7. The van der Waals surface area contributed by atoms with Crippen molar-refractivity contribution in [2.24, 2.45) is 16.9 Å². The molecule has 92 valence electrons. The number of hydrogen-bond acceptors (Lipinski definition) is 3. The lowest BCUT2D eigenvalue weighted by Gasteiger charge is -2.28. The minimum absolute atomic E-state index is 0.0693. The second kappa shape index (κ2) is 5.69. The second-order valence-electron chi connectivity index (χ2n) is 4.11. The lowest BCUT2D eigenvalue weighted by atomic mass is 9.94. The summed E-state index contributed by atoms with van der Waals surface area (Å²) in [4.78, 5) is 34.4. The smallest absolute Gasteiger partial charge is 0.237 e. The molecule has 0 aliphatic carbocycles. The summed E-state index contributed by atoms with van der Waals surface area (Å²) in [6.45, 7) is 2.53. The molecule has 0 heterocycles. The highest BCUT2D eigenvalue weighted by Crippen LogP contribution is 2.20. The van der Waals surface area contributed by atoms with E-state index < -0.39 is 23.1 Å². The predicted molar refractivity (Wildman–Crippen MR) is 59.5 cm³/mol. The highest BCUT2D eigenvalue weighted by molar-refractivity contribution is 6.19. The van der Waals surface area contributed by atoms with Crippen molar-refractivity contribution in [3.05, 3.63) is 0 Å². The Morgan fingerprint density at radius 3 is 1.75 bits per heavy atom. The summed E-state index contributed by atoms with van der Waals surface area (Å²) in [7, 11) is 0. The molecule has 0 aromatic rings. The van der Waals surface area contributed by atoms with E-state index in [0.29, 0.717) is 0 Å². The van der Waals surface area contributed by atoms with Gasteiger partial charge in [0.05, 0.1) is 18.5 Å². The first-order chi connectivity index (χ1) is 7.20. The van der Waals surface area contributed by atoms with Crippen molar-refractivity contribution in [2.45, 2.75) is 13.8 Å². The Labute approximate surface area is 98.9 Å². The van der Waals surface area contributed by atoms with E-state index in [0.717, 1.165) is 4.90 Å². The monoisotopic (exact) mass is 249 g/mol. The van der Waals surface area contributed by atoms with Gasteiger partial charge in [-0.2, -0.15) is 0 Å². The molecule has 0 aliphatic rings. The molecule has 0 unspecified atom stereocenters. The molecule has 3 amide bonds. The van der Waals surface area contributed by atoms with Crippen LogP contribution < -0.4 is 11.5 Å². The largest absolute Gasteiger partial charge is 0.368 e. The van der Waals surface area contributed by atoms with E-state index in [9.17, 15) is 14.4 Å². The molecule has 4 N–H and O–H groups in total. The average Bonchev–Trinajstić information content (AvgIpc) is 2.14. The molecule has 0 atom stereocenters. The zero-order chi connectivity index (χ0) is 12.9. The lowest BCUT2D eigenvalue weighted by Crippen LogP contribution is -2.48. The van der Waals surface area contributed by atoms with Gasteiger partial charge in [-0.1, -0.05) is 0 Å². The molecule has 0 radical (unpaired) electrons. The predicted octanol–water partition coefficient (Wildman–Crippen LogP) is -0.949. The first-order valence-corrected chi connectivity index (χ1v) is 5.16. The quantitative estimate of drug-likeness (QED) is 0.593. The van der Waals surface area contributed by atoms with Gasteiger partial charge in [-0.25, -0.2) is 0 Å². The van der Waals surface area contributed by atoms with Crippen molar-refractivity contribution in [3.63, 3.8) is 0 Å². The van der Waals surface area contributed by atoms with E-state index in [1.165, 1.54) is 0 Å². The van der Waals surface area contributed by atoms with E-state index in [1.54, 1.807) is 13.8 Å². The van der Waals surface area contributed by atoms with Crippen LogP contribution in [0.15, 0.2) is 0 Å². The summed E-state index contributed by atoms with van der Waals surface area (Å²) < 4.78 is 0. The molecule has 7 heteroatoms. The summed E-state index contributed by atoms with van der Waals surface area (Å²) in [5, 5.41) is 0. The van der Waals surface area contributed by atoms with Crippen molar-refractivity contribution >= 4 is 29.3 Å². The number of nitrogens with zero attached hydrogens (tertiary/aromatic N) is 1. The number of alkyl halides is 1. The van der Waals surface area contributed by atoms with Crippen molar-refractivity contribution < 1.29 is 14.4 Å². The summed E-state index contributed by atoms with van der Waals surface area (Å²) >= 11 is 5.63. The molecule has 0 aliphatic heterocycles. The van der Waals surface area contributed by atoms with E-state index >= 15 is 0 Å². The Bertz CT molecular complexity index is 288. The summed E-state index contributed by atoms with van der Waals surface area (Å²) in [6, 6.07) is 0. The van der Waals surface area contributed by atoms with Gasteiger partial charge in [0, 0.05) is 5.88 Å². The van der Waals surface area contributed by atoms with E-state index in [4.69, 9.17) is 23.1 Å². The number of nitrogens with two attached hydrogens (primary N) is 2. The Hall–Kier alpha value is -1.30. The first-order valence-electron chi connectivity index (χ1n) is 4.62. The van der Waals surface area contributed by atoms with Gasteiger partial charge in [0.15, 0.2) is 0 Å². The number of rotatable bonds is 6. The Kier molecular flexibility index (Phi) is 5.23. The molecule has 0 aromatic heterocycles. The van der Waals surface area contributed by atoms with Gasteiger partial charge in [0.2, 0.25) is 17.7 Å². The molecule has 0 bridgehead atoms. The van der Waals surface area contributed by atoms with Crippen LogP contribution >= 0.6 is 11.6 Å². The van der Waals surface area contributed by atoms with Gasteiger partial charge < -0.3 is 16.4 Å². The zero-order valence-corrected chi connectivity index (χ0v) is 10.1. The average molecular weight is 250 g/mol. The normalized spacial score (nSPS) is 10.9. The maximum atomic E-state index is 11.9. The zero-order valence-electron chi connectivity index (χ0n) is 9.33. The fourth-order valence-electron chi connectivity index (χ4n) is 1.06. The molecule has 0 aromatic carbocycles. The van der Waals surface area contributed by atoms with Gasteiger partial charge in [-0.15, -0.1) is 11.6 Å². The molecular weight excluding hydrogens is 234 g/mol. The number of carbonyl (C=O) groups excluding carboxylic acids is 3. The Morgan fingerprint density at radius 2 is 1.50 bits per heavy atom. The van der Waals surface area contributed by atoms with Crippen LogP contribution in [-0.2, 0) is 14.4 Å². The summed E-state index contributed by atoms with van der Waals surface area (Å²) in [5.74, 6) is -1.78. The summed E-state index contributed by atoms with van der Waals surface area (Å²) in [6.07, 6.45) is 0. The van der Waals surface area contributed by atoms with Crippen LogP contribution in [0.2, 0.25) is 0 Å². The molecule has 6 nitrogen and oxygen atoms in total. The van der Waals surface area contributed by atoms with Crippen LogP contribution in [0.4, 0.5) is 0 Å². The third kappa shape index (κ3) is 4.48. The minimum Gasteiger partial charge on any atom is -0.368 e. The molecule has 0 saturated heterocycles. The maximum absolute atomic E-state index is 11.9. The van der Waals surface area contributed by atoms with Crippen LogP contribution in [0.25, 0.3) is 0 Å². The van der Waals surface area contributed by atoms with Gasteiger partial charge in [-0.05, 0) is 13.8 Å². The molecular formula is C9H16ClN3O3. The SMILES string of the molecule is CC(C)(CCl)C(=O)N(CC(N)=O)CC(N)=O. The second-order valence-corrected chi connectivity index (χ2v) is 4.38. The number of halogens is 1. The highest BCUT2D eigenvalue weighted by atomic mass is 35.5. The molecule has 0 saturated carbocycles. The van der Waals surface area contributed by atoms with Crippen molar-refractivity contribution in [1.82, 2.24) is 4.90 Å². The fourth-order valence-corrected chi connectivity index (χ4v) is 1.18. The fraction of sp³-hybridized carbons (Fsp3) is 0.667. The molecule has 0 spiro atoms. The van der Waals surface area contributed by atoms with Gasteiger partial charge in [-0.3, -0.25) is 14.4 Å². The van der Waals surface area contributed by atoms with Gasteiger partial charge >= 0.3 is 0 Å². The third-order valence-electron chi connectivity index (χ3n) is 1.89. The van der Waals surface area contributed by atoms with Crippen LogP contribution in [0.1, 0.15) is 13.8 Å². The van der Waals surface area contributed by atoms with Crippen LogP contribution in [-0.4, -0.2) is 41.6 Å². The van der Waals surface area contributed by atoms with Gasteiger partial charge in [0.1, 0.15) is 0 Å². The third-order valence-corrected chi connectivity index (χ3v) is 2.56. The standard InChI is InChI=1S/C9H16ClN3O3/c1-9(2,5-10)8(16)13(3-6(11)14)4-7(12)15/h3-5H2,1-2H3,(H2,11,14)(H2,12,15). The molecule has 0 rings (SSSR count). The van der Waals surface area contributed by atoms with E-state index in [-0.39, 0.29) is 19.0 Å². The summed E-state index contributed by atoms with van der Waals surface area (Å²) in [5.41, 5.74) is 9.08. The van der Waals surface area contributed by atoms with Crippen LogP contribution in [0.5, 0.6) is 0 Å². The number of carbonyl (C=O) groups is 3. The number of hydrogen-bond donors (Lipinski definition) is 2. The molecule has 16 heavy (non-hydrogen) atoms. The van der Waals surface area contributed by atoms with Crippen molar-refractivity contribution in [3.8, 4) is 0 Å². The lowest BCUT2D eigenvalue weighted by molar-refractivity contribution is -0.144. The van der Waals surface area contributed by atoms with E-state index in [1.807, 2.05) is 0 Å². The van der Waals surface area contributed by atoms with E-state index in [2.05, 4.69) is 0 Å². The highest BCUT2D eigenvalue weighted by Gasteiger charge is 2.32. The van der Waals surface area contributed by atoms with Gasteiger partial charge in [0.25, 0.3) is 0 Å². The maximum Gasteiger partial charge on any atom is 0.237 e. The Morgan fingerprint density at radius 1 is 1.12 bits per heavy atom. The van der Waals surface area contributed by atoms with Crippen LogP contribution in [0.3, 0.4) is 0 Å². The van der Waals surface area contributed by atoms with Crippen molar-refractivity contribution in [1.29, 1.82) is 0 Å². The molecule has 0 fully saturated rings. The Balaban J connectivity index is 4.81.